The predicted octanol–water partition coefficient (Wildman–Crippen LogP) is 3.30. The Hall–Kier alpha value is -2.27. The summed E-state index contributed by atoms with van der Waals surface area (Å²) in [6.07, 6.45) is 3.99. The van der Waals surface area contributed by atoms with E-state index >= 15 is 0 Å². The van der Waals surface area contributed by atoms with E-state index in [4.69, 9.17) is 9.15 Å². The van der Waals surface area contributed by atoms with E-state index in [0.717, 1.165) is 30.9 Å². The average Bonchev–Trinajstić information content (AvgIpc) is 3.33. The van der Waals surface area contributed by atoms with Crippen LogP contribution in [0.25, 0.3) is 0 Å². The first-order chi connectivity index (χ1) is 13.2. The monoisotopic (exact) mass is 366 g/mol. The number of likely N-dealkylation sites (tertiary alicyclic amines) is 1. The van der Waals surface area contributed by atoms with Crippen LogP contribution in [-0.2, 0) is 0 Å². The van der Waals surface area contributed by atoms with Gasteiger partial charge in [-0.25, -0.2) is 0 Å². The standard InChI is InChI=1S/C22H26N2O3/c1-14-8-11-27-21(14)22(25)24-13-18(16-4-3-5-17(12-16)26-2)20-19(24)15-6-9-23(20)10-7-15/h3-5,8,11-12,15,18-20H,6-7,9-10,13H2,1-2H3/t18-,19-,20-/m1/s1. The van der Waals surface area contributed by atoms with Crippen LogP contribution in [0, 0.1) is 12.8 Å². The molecule has 1 aromatic carbocycles. The molecule has 0 N–H and O–H groups in total. The maximum absolute atomic E-state index is 13.3. The topological polar surface area (TPSA) is 45.9 Å². The summed E-state index contributed by atoms with van der Waals surface area (Å²) < 4.78 is 11.0. The lowest BCUT2D eigenvalue weighted by Crippen LogP contribution is -2.60. The molecule has 0 aliphatic carbocycles. The maximum Gasteiger partial charge on any atom is 0.290 e. The van der Waals surface area contributed by atoms with Crippen molar-refractivity contribution in [3.8, 4) is 5.75 Å². The molecule has 3 atom stereocenters. The molecule has 5 heterocycles. The second-order valence-corrected chi connectivity index (χ2v) is 8.13. The van der Waals surface area contributed by atoms with Crippen LogP contribution in [0.1, 0.15) is 40.4 Å². The van der Waals surface area contributed by atoms with Crippen molar-refractivity contribution in [3.63, 3.8) is 0 Å². The van der Waals surface area contributed by atoms with E-state index in [0.29, 0.717) is 23.6 Å². The van der Waals surface area contributed by atoms with E-state index in [1.165, 1.54) is 18.4 Å². The third-order valence-electron chi connectivity index (χ3n) is 6.83. The van der Waals surface area contributed by atoms with Crippen molar-refractivity contribution in [3.05, 3.63) is 53.5 Å². The van der Waals surface area contributed by atoms with Gasteiger partial charge in [0.05, 0.1) is 19.4 Å². The van der Waals surface area contributed by atoms with Crippen molar-refractivity contribution in [1.82, 2.24) is 9.80 Å². The number of hydrogen-bond donors (Lipinski definition) is 0. The molecule has 1 amide bonds. The molecule has 0 saturated carbocycles. The average molecular weight is 366 g/mol. The Morgan fingerprint density at radius 3 is 2.70 bits per heavy atom. The molecular weight excluding hydrogens is 340 g/mol. The van der Waals surface area contributed by atoms with Crippen molar-refractivity contribution in [2.75, 3.05) is 26.7 Å². The number of rotatable bonds is 3. The van der Waals surface area contributed by atoms with Crippen molar-refractivity contribution < 1.29 is 13.9 Å². The number of nitrogens with zero attached hydrogens (tertiary/aromatic N) is 2. The van der Waals surface area contributed by atoms with Crippen LogP contribution in [-0.4, -0.2) is 54.5 Å². The van der Waals surface area contributed by atoms with E-state index in [1.54, 1.807) is 13.4 Å². The third-order valence-corrected chi connectivity index (χ3v) is 6.83. The van der Waals surface area contributed by atoms with Crippen molar-refractivity contribution in [2.24, 2.45) is 5.92 Å². The molecule has 0 radical (unpaired) electrons. The molecule has 4 aliphatic rings. The largest absolute Gasteiger partial charge is 0.497 e. The van der Waals surface area contributed by atoms with E-state index in [1.807, 2.05) is 19.1 Å². The Bertz CT molecular complexity index is 853. The fourth-order valence-corrected chi connectivity index (χ4v) is 5.54. The van der Waals surface area contributed by atoms with E-state index < -0.39 is 0 Å². The second kappa shape index (κ2) is 6.41. The van der Waals surface area contributed by atoms with Gasteiger partial charge in [0.15, 0.2) is 5.76 Å². The normalized spacial score (nSPS) is 31.8. The molecule has 142 valence electrons. The van der Waals surface area contributed by atoms with Gasteiger partial charge in [-0.15, -0.1) is 0 Å². The maximum atomic E-state index is 13.3. The Morgan fingerprint density at radius 2 is 2.00 bits per heavy atom. The number of ether oxygens (including phenoxy) is 1. The lowest BCUT2D eigenvalue weighted by atomic mass is 9.75. The van der Waals surface area contributed by atoms with Crippen LogP contribution < -0.4 is 4.74 Å². The molecule has 0 unspecified atom stereocenters. The minimum absolute atomic E-state index is 0.0478. The number of methoxy groups -OCH3 is 1. The molecule has 27 heavy (non-hydrogen) atoms. The molecule has 5 nitrogen and oxygen atoms in total. The molecule has 5 heteroatoms. The van der Waals surface area contributed by atoms with Gasteiger partial charge in [0, 0.05) is 24.1 Å². The highest BCUT2D eigenvalue weighted by atomic mass is 16.5. The summed E-state index contributed by atoms with van der Waals surface area (Å²) >= 11 is 0. The lowest BCUT2D eigenvalue weighted by molar-refractivity contribution is -0.00432. The number of benzene rings is 1. The van der Waals surface area contributed by atoms with Gasteiger partial charge >= 0.3 is 0 Å². The molecule has 2 bridgehead atoms. The highest BCUT2D eigenvalue weighted by Gasteiger charge is 2.55. The van der Waals surface area contributed by atoms with Gasteiger partial charge in [-0.1, -0.05) is 12.1 Å². The number of aryl methyl sites for hydroxylation is 1. The molecule has 2 aromatic rings. The zero-order valence-electron chi connectivity index (χ0n) is 15.9. The number of piperidine rings is 3. The minimum Gasteiger partial charge on any atom is -0.497 e. The van der Waals surface area contributed by atoms with Crippen molar-refractivity contribution in [1.29, 1.82) is 0 Å². The van der Waals surface area contributed by atoms with Crippen LogP contribution in [0.4, 0.5) is 0 Å². The summed E-state index contributed by atoms with van der Waals surface area (Å²) in [5, 5.41) is 0. The van der Waals surface area contributed by atoms with Gasteiger partial charge in [-0.05, 0) is 62.5 Å². The number of carbonyl (C=O) groups excluding carboxylic acids is 1. The number of furan rings is 1. The van der Waals surface area contributed by atoms with Gasteiger partial charge in [0.1, 0.15) is 5.75 Å². The zero-order valence-corrected chi connectivity index (χ0v) is 15.9. The van der Waals surface area contributed by atoms with Gasteiger partial charge in [-0.3, -0.25) is 9.69 Å². The highest BCUT2D eigenvalue weighted by Crippen LogP contribution is 2.47. The fourth-order valence-electron chi connectivity index (χ4n) is 5.54. The molecule has 0 spiro atoms. The first-order valence-corrected chi connectivity index (χ1v) is 9.90. The van der Waals surface area contributed by atoms with Gasteiger partial charge in [-0.2, -0.15) is 0 Å². The molecular formula is C22H26N2O3. The van der Waals surface area contributed by atoms with E-state index in [9.17, 15) is 4.79 Å². The van der Waals surface area contributed by atoms with Crippen molar-refractivity contribution >= 4 is 5.91 Å². The fraction of sp³-hybridized carbons (Fsp3) is 0.500. The van der Waals surface area contributed by atoms with Gasteiger partial charge in [0.25, 0.3) is 5.91 Å². The van der Waals surface area contributed by atoms with Crippen LogP contribution >= 0.6 is 0 Å². The number of hydrogen-bond acceptors (Lipinski definition) is 4. The predicted molar refractivity (Wildman–Crippen MR) is 102 cm³/mol. The summed E-state index contributed by atoms with van der Waals surface area (Å²) in [7, 11) is 1.71. The van der Waals surface area contributed by atoms with Crippen molar-refractivity contribution in [2.45, 2.75) is 37.8 Å². The lowest BCUT2D eigenvalue weighted by Gasteiger charge is -2.51. The first kappa shape index (κ1) is 16.9. The first-order valence-electron chi connectivity index (χ1n) is 9.90. The summed E-state index contributed by atoms with van der Waals surface area (Å²) in [5.74, 6) is 2.33. The molecule has 4 saturated heterocycles. The number of carbonyl (C=O) groups is 1. The molecule has 4 fully saturated rings. The third kappa shape index (κ3) is 2.59. The Balaban J connectivity index is 1.54. The Kier molecular flexibility index (Phi) is 4.01. The smallest absolute Gasteiger partial charge is 0.290 e. The summed E-state index contributed by atoms with van der Waals surface area (Å²) in [6, 6.07) is 10.9. The van der Waals surface area contributed by atoms with Crippen LogP contribution in [0.15, 0.2) is 41.0 Å². The Morgan fingerprint density at radius 1 is 1.19 bits per heavy atom. The van der Waals surface area contributed by atoms with E-state index in [-0.39, 0.29) is 11.9 Å². The SMILES string of the molecule is COc1cccc([C@H]2CN(C(=O)c3occc3C)[C@@H]3C4CCN(CC4)[C@H]23)c1. The zero-order chi connectivity index (χ0) is 18.5. The van der Waals surface area contributed by atoms with E-state index in [2.05, 4.69) is 28.0 Å². The minimum atomic E-state index is 0.0478. The van der Waals surface area contributed by atoms with Crippen LogP contribution in [0.2, 0.25) is 0 Å². The highest BCUT2D eigenvalue weighted by molar-refractivity contribution is 5.93. The van der Waals surface area contributed by atoms with Gasteiger partial charge in [0.2, 0.25) is 0 Å². The number of amides is 1. The summed E-state index contributed by atoms with van der Waals surface area (Å²) in [4.78, 5) is 18.1. The molecule has 1 aromatic heterocycles. The van der Waals surface area contributed by atoms with Gasteiger partial charge < -0.3 is 14.1 Å². The summed E-state index contributed by atoms with van der Waals surface area (Å²) in [6.45, 7) is 4.98. The summed E-state index contributed by atoms with van der Waals surface area (Å²) in [5.41, 5.74) is 2.19. The molecule has 6 rings (SSSR count). The second-order valence-electron chi connectivity index (χ2n) is 8.13. The Labute approximate surface area is 159 Å². The van der Waals surface area contributed by atoms with Crippen LogP contribution in [0.3, 0.4) is 0 Å². The van der Waals surface area contributed by atoms with Crippen LogP contribution in [0.5, 0.6) is 5.75 Å². The quantitative estimate of drug-likeness (QED) is 0.836. The number of fused-ring (bicyclic) bond motifs is 2. The molecule has 4 aliphatic heterocycles.